The van der Waals surface area contributed by atoms with E-state index in [-0.39, 0.29) is 18.6 Å². The van der Waals surface area contributed by atoms with Crippen LogP contribution in [0.1, 0.15) is 90.4 Å². The van der Waals surface area contributed by atoms with Crippen molar-refractivity contribution in [1.82, 2.24) is 5.32 Å². The maximum Gasteiger partial charge on any atom is 0.220 e. The van der Waals surface area contributed by atoms with Crippen LogP contribution < -0.4 is 5.32 Å². The lowest BCUT2D eigenvalue weighted by molar-refractivity contribution is -0.121. The van der Waals surface area contributed by atoms with E-state index in [1.54, 1.807) is 0 Å². The molecule has 0 rings (SSSR count). The normalized spacial score (nSPS) is 12.6. The van der Waals surface area contributed by atoms with Gasteiger partial charge in [-0.05, 0) is 32.1 Å². The van der Waals surface area contributed by atoms with Gasteiger partial charge in [0, 0.05) is 13.0 Å². The van der Waals surface area contributed by atoms with Crippen molar-refractivity contribution in [3.63, 3.8) is 0 Å². The molecule has 1 atom stereocenters. The minimum Gasteiger partial charge on any atom is -0.395 e. The second-order valence-electron chi connectivity index (χ2n) is 6.59. The highest BCUT2D eigenvalue weighted by Crippen LogP contribution is 2.10. The van der Waals surface area contributed by atoms with Crippen LogP contribution in [0.2, 0.25) is 0 Å². The first-order valence-electron chi connectivity index (χ1n) is 9.91. The van der Waals surface area contributed by atoms with Crippen LogP contribution in [0.5, 0.6) is 0 Å². The highest BCUT2D eigenvalue weighted by atomic mass is 16.3. The Bertz CT molecular complexity index is 305. The van der Waals surface area contributed by atoms with E-state index in [0.717, 1.165) is 38.5 Å². The molecule has 3 N–H and O–H groups in total. The smallest absolute Gasteiger partial charge is 0.220 e. The molecule has 0 spiro atoms. The number of hydrogen-bond donors (Lipinski definition) is 3. The first-order valence-corrected chi connectivity index (χ1v) is 9.91. The first-order chi connectivity index (χ1) is 11.7. The van der Waals surface area contributed by atoms with Crippen LogP contribution in [-0.4, -0.2) is 35.4 Å². The predicted octanol–water partition coefficient (Wildman–Crippen LogP) is 4.10. The number of carbonyl (C=O) groups excluding carboxylic acids is 1. The molecule has 0 aromatic carbocycles. The third kappa shape index (κ3) is 17.5. The van der Waals surface area contributed by atoms with Crippen LogP contribution in [0, 0.1) is 0 Å². The number of allylic oxidation sites excluding steroid dienone is 1. The summed E-state index contributed by atoms with van der Waals surface area (Å²) in [5, 5.41) is 21.1. The Morgan fingerprint density at radius 1 is 1.00 bits per heavy atom. The molecule has 0 radical (unpaired) electrons. The van der Waals surface area contributed by atoms with Crippen LogP contribution in [-0.2, 0) is 4.79 Å². The zero-order chi connectivity index (χ0) is 17.9. The van der Waals surface area contributed by atoms with Gasteiger partial charge in [-0.3, -0.25) is 4.79 Å². The van der Waals surface area contributed by atoms with Gasteiger partial charge in [-0.2, -0.15) is 0 Å². The Morgan fingerprint density at radius 3 is 2.46 bits per heavy atom. The van der Waals surface area contributed by atoms with Gasteiger partial charge >= 0.3 is 0 Å². The number of unbranched alkanes of at least 4 members (excludes halogenated alkanes) is 8. The van der Waals surface area contributed by atoms with Gasteiger partial charge in [-0.15, -0.1) is 0 Å². The summed E-state index contributed by atoms with van der Waals surface area (Å²) in [4.78, 5) is 11.3. The molecule has 0 saturated carbocycles. The number of aliphatic hydroxyl groups excluding tert-OH is 2. The zero-order valence-corrected chi connectivity index (χ0v) is 15.6. The molecule has 0 heterocycles. The topological polar surface area (TPSA) is 69.6 Å². The van der Waals surface area contributed by atoms with Crippen LogP contribution in [0.3, 0.4) is 0 Å². The maximum absolute atomic E-state index is 11.3. The number of amides is 1. The Morgan fingerprint density at radius 2 is 1.71 bits per heavy atom. The van der Waals surface area contributed by atoms with Crippen molar-refractivity contribution >= 4 is 5.91 Å². The van der Waals surface area contributed by atoms with Crippen LogP contribution in [0.15, 0.2) is 12.2 Å². The molecule has 24 heavy (non-hydrogen) atoms. The fraction of sp³-hybridized carbons (Fsp3) is 0.850. The van der Waals surface area contributed by atoms with E-state index >= 15 is 0 Å². The summed E-state index contributed by atoms with van der Waals surface area (Å²) in [5.74, 6) is 0.0419. The number of nitrogens with one attached hydrogen (secondary N) is 1. The molecule has 0 unspecified atom stereocenters. The van der Waals surface area contributed by atoms with E-state index in [4.69, 9.17) is 5.11 Å². The van der Waals surface area contributed by atoms with Crippen molar-refractivity contribution in [2.45, 2.75) is 96.5 Å². The molecule has 0 aliphatic carbocycles. The number of aliphatic hydroxyl groups is 2. The summed E-state index contributed by atoms with van der Waals surface area (Å²) < 4.78 is 0. The SMILES string of the molecule is CCCCCC[C@@H](O)C/C=C/CCCCCCCC(=O)NCCO. The molecule has 0 aromatic heterocycles. The van der Waals surface area contributed by atoms with Gasteiger partial charge in [0.15, 0.2) is 0 Å². The average molecular weight is 342 g/mol. The zero-order valence-electron chi connectivity index (χ0n) is 15.6. The summed E-state index contributed by atoms with van der Waals surface area (Å²) >= 11 is 0. The van der Waals surface area contributed by atoms with Crippen molar-refractivity contribution in [2.75, 3.05) is 13.2 Å². The molecule has 0 aliphatic heterocycles. The summed E-state index contributed by atoms with van der Waals surface area (Å²) in [5.41, 5.74) is 0. The van der Waals surface area contributed by atoms with Crippen molar-refractivity contribution in [1.29, 1.82) is 0 Å². The molecule has 0 fully saturated rings. The number of hydrogen-bond acceptors (Lipinski definition) is 3. The van der Waals surface area contributed by atoms with Crippen LogP contribution in [0.4, 0.5) is 0 Å². The van der Waals surface area contributed by atoms with E-state index in [0.29, 0.717) is 13.0 Å². The van der Waals surface area contributed by atoms with Gasteiger partial charge < -0.3 is 15.5 Å². The quantitative estimate of drug-likeness (QED) is 0.275. The lowest BCUT2D eigenvalue weighted by Gasteiger charge is -2.07. The van der Waals surface area contributed by atoms with Gasteiger partial charge in [0.1, 0.15) is 0 Å². The van der Waals surface area contributed by atoms with Crippen molar-refractivity contribution in [3.8, 4) is 0 Å². The van der Waals surface area contributed by atoms with E-state index in [9.17, 15) is 9.90 Å². The van der Waals surface area contributed by atoms with Gasteiger partial charge in [-0.25, -0.2) is 0 Å². The van der Waals surface area contributed by atoms with Gasteiger partial charge in [0.2, 0.25) is 5.91 Å². The minimum absolute atomic E-state index is 0.00907. The summed E-state index contributed by atoms with van der Waals surface area (Å²) in [6.07, 6.45) is 18.0. The number of rotatable bonds is 17. The molecule has 0 bridgehead atoms. The van der Waals surface area contributed by atoms with Crippen molar-refractivity contribution < 1.29 is 15.0 Å². The summed E-state index contributed by atoms with van der Waals surface area (Å²) in [6, 6.07) is 0. The van der Waals surface area contributed by atoms with E-state index in [2.05, 4.69) is 24.4 Å². The van der Waals surface area contributed by atoms with Gasteiger partial charge in [0.05, 0.1) is 12.7 Å². The molecule has 0 saturated heterocycles. The standard InChI is InChI=1S/C20H39NO3/c1-2-3-4-11-14-19(23)15-12-9-7-5-6-8-10-13-16-20(24)21-17-18-22/h9,12,19,22-23H,2-8,10-11,13-18H2,1H3,(H,21,24)/b12-9+/t19-/m1/s1. The number of carbonyl (C=O) groups is 1. The molecule has 0 aromatic rings. The van der Waals surface area contributed by atoms with Gasteiger partial charge in [0.25, 0.3) is 0 Å². The molecular weight excluding hydrogens is 302 g/mol. The van der Waals surface area contributed by atoms with E-state index in [1.807, 2.05) is 0 Å². The Kier molecular flexibility index (Phi) is 17.8. The van der Waals surface area contributed by atoms with Crippen LogP contribution >= 0.6 is 0 Å². The summed E-state index contributed by atoms with van der Waals surface area (Å²) in [7, 11) is 0. The average Bonchev–Trinajstić information content (AvgIpc) is 2.58. The maximum atomic E-state index is 11.3. The Hall–Kier alpha value is -0.870. The van der Waals surface area contributed by atoms with Crippen LogP contribution in [0.25, 0.3) is 0 Å². The lowest BCUT2D eigenvalue weighted by Crippen LogP contribution is -2.25. The first kappa shape index (κ1) is 23.1. The molecular formula is C20H39NO3. The highest BCUT2D eigenvalue weighted by molar-refractivity contribution is 5.75. The fourth-order valence-corrected chi connectivity index (χ4v) is 2.66. The Balaban J connectivity index is 3.30. The molecule has 4 heteroatoms. The fourth-order valence-electron chi connectivity index (χ4n) is 2.66. The second kappa shape index (κ2) is 18.5. The predicted molar refractivity (Wildman–Crippen MR) is 101 cm³/mol. The minimum atomic E-state index is -0.171. The lowest BCUT2D eigenvalue weighted by atomic mass is 10.1. The second-order valence-corrected chi connectivity index (χ2v) is 6.59. The van der Waals surface area contributed by atoms with E-state index in [1.165, 1.54) is 38.5 Å². The molecule has 142 valence electrons. The van der Waals surface area contributed by atoms with Crippen molar-refractivity contribution in [3.05, 3.63) is 12.2 Å². The third-order valence-electron chi connectivity index (χ3n) is 4.17. The third-order valence-corrected chi connectivity index (χ3v) is 4.17. The molecule has 1 amide bonds. The molecule has 4 nitrogen and oxygen atoms in total. The largest absolute Gasteiger partial charge is 0.395 e. The highest BCUT2D eigenvalue weighted by Gasteiger charge is 2.01. The molecule has 0 aliphatic rings. The summed E-state index contributed by atoms with van der Waals surface area (Å²) in [6.45, 7) is 2.57. The van der Waals surface area contributed by atoms with E-state index < -0.39 is 0 Å². The monoisotopic (exact) mass is 341 g/mol. The Labute approximate surface area is 148 Å². The van der Waals surface area contributed by atoms with Crippen molar-refractivity contribution in [2.24, 2.45) is 0 Å². The van der Waals surface area contributed by atoms with Gasteiger partial charge in [-0.1, -0.05) is 64.0 Å².